The van der Waals surface area contributed by atoms with Crippen LogP contribution >= 0.6 is 0 Å². The smallest absolute Gasteiger partial charge is 0.412 e. The maximum atomic E-state index is 13.7. The normalized spacial score (nSPS) is 13.2. The van der Waals surface area contributed by atoms with Crippen LogP contribution in [0.4, 0.5) is 14.9 Å². The molecule has 6 nitrogen and oxygen atoms in total. The van der Waals surface area contributed by atoms with Gasteiger partial charge in [-0.05, 0) is 44.5 Å². The molecule has 0 saturated carbocycles. The summed E-state index contributed by atoms with van der Waals surface area (Å²) in [7, 11) is 1.15. The molecule has 24 heavy (non-hydrogen) atoms. The van der Waals surface area contributed by atoms with Crippen molar-refractivity contribution in [3.8, 4) is 0 Å². The topological polar surface area (TPSA) is 84.9 Å². The van der Waals surface area contributed by atoms with Gasteiger partial charge in [0.2, 0.25) is 0 Å². The maximum absolute atomic E-state index is 13.7. The molecule has 0 aromatic heterocycles. The molecule has 1 aromatic carbocycles. The van der Waals surface area contributed by atoms with E-state index in [0.29, 0.717) is 0 Å². The summed E-state index contributed by atoms with van der Waals surface area (Å²) in [4.78, 5) is 23.6. The molecule has 0 radical (unpaired) electrons. The number of aliphatic hydroxyl groups excluding tert-OH is 1. The number of esters is 1. The van der Waals surface area contributed by atoms with Gasteiger partial charge in [-0.1, -0.05) is 13.8 Å². The second-order valence-corrected chi connectivity index (χ2v) is 6.96. The molecule has 0 aliphatic heterocycles. The average molecular weight is 341 g/mol. The molecule has 134 valence electrons. The van der Waals surface area contributed by atoms with Crippen molar-refractivity contribution in [3.63, 3.8) is 0 Å². The van der Waals surface area contributed by atoms with Crippen molar-refractivity contribution < 1.29 is 28.6 Å². The van der Waals surface area contributed by atoms with Crippen LogP contribution < -0.4 is 5.32 Å². The molecule has 1 atom stereocenters. The molecule has 0 fully saturated rings. The van der Waals surface area contributed by atoms with Crippen molar-refractivity contribution in [1.82, 2.24) is 0 Å². The molecule has 0 spiro atoms. The average Bonchev–Trinajstić information content (AvgIpc) is 2.45. The number of carbonyl (C=O) groups excluding carboxylic acids is 2. The van der Waals surface area contributed by atoms with Crippen molar-refractivity contribution in [1.29, 1.82) is 0 Å². The first-order chi connectivity index (χ1) is 10.9. The van der Waals surface area contributed by atoms with Crippen molar-refractivity contribution in [2.24, 2.45) is 0 Å². The van der Waals surface area contributed by atoms with Gasteiger partial charge in [0.25, 0.3) is 0 Å². The van der Waals surface area contributed by atoms with Crippen LogP contribution in [-0.4, -0.2) is 36.0 Å². The van der Waals surface area contributed by atoms with Crippen LogP contribution in [0.25, 0.3) is 0 Å². The standard InChI is InChI=1S/C17H24FNO5/c1-16(2,3)24-15(22)19-12-8-7-10(18)9-11(12)17(4,5)13(20)14(21)23-6/h7-9,13,20H,1-6H3,(H,19,22). The zero-order chi connectivity index (χ0) is 18.7. The predicted molar refractivity (Wildman–Crippen MR) is 87.3 cm³/mol. The summed E-state index contributed by atoms with van der Waals surface area (Å²) in [6.45, 7) is 8.22. The number of benzene rings is 1. The van der Waals surface area contributed by atoms with Gasteiger partial charge in [-0.3, -0.25) is 5.32 Å². The number of hydrogen-bond acceptors (Lipinski definition) is 5. The Labute approximate surface area is 141 Å². The Morgan fingerprint density at radius 1 is 1.21 bits per heavy atom. The Morgan fingerprint density at radius 3 is 2.29 bits per heavy atom. The molecule has 1 amide bonds. The van der Waals surface area contributed by atoms with Crippen LogP contribution in [0, 0.1) is 5.82 Å². The Morgan fingerprint density at radius 2 is 1.79 bits per heavy atom. The van der Waals surface area contributed by atoms with E-state index in [4.69, 9.17) is 4.74 Å². The minimum absolute atomic E-state index is 0.235. The van der Waals surface area contributed by atoms with E-state index in [1.807, 2.05) is 0 Å². The number of rotatable bonds is 4. The minimum atomic E-state index is -1.54. The fourth-order valence-electron chi connectivity index (χ4n) is 2.13. The van der Waals surface area contributed by atoms with Crippen molar-refractivity contribution in [2.75, 3.05) is 12.4 Å². The lowest BCUT2D eigenvalue weighted by Crippen LogP contribution is -2.41. The molecule has 0 heterocycles. The molecule has 1 unspecified atom stereocenters. The van der Waals surface area contributed by atoms with Crippen LogP contribution in [0.1, 0.15) is 40.2 Å². The molecule has 7 heteroatoms. The van der Waals surface area contributed by atoms with Crippen LogP contribution in [0.3, 0.4) is 0 Å². The Balaban J connectivity index is 3.21. The number of carbonyl (C=O) groups is 2. The van der Waals surface area contributed by atoms with E-state index < -0.39 is 35.0 Å². The largest absolute Gasteiger partial charge is 0.467 e. The van der Waals surface area contributed by atoms with Gasteiger partial charge in [0.05, 0.1) is 7.11 Å². The van der Waals surface area contributed by atoms with Crippen LogP contribution in [0.2, 0.25) is 0 Å². The van der Waals surface area contributed by atoms with Gasteiger partial charge in [-0.25, -0.2) is 14.0 Å². The Kier molecular flexibility index (Phi) is 5.94. The van der Waals surface area contributed by atoms with E-state index in [1.54, 1.807) is 34.6 Å². The van der Waals surface area contributed by atoms with E-state index in [1.165, 1.54) is 6.07 Å². The first kappa shape index (κ1) is 19.9. The lowest BCUT2D eigenvalue weighted by atomic mass is 9.78. The minimum Gasteiger partial charge on any atom is -0.467 e. The van der Waals surface area contributed by atoms with Crippen molar-refractivity contribution >= 4 is 17.7 Å². The first-order valence-corrected chi connectivity index (χ1v) is 7.44. The summed E-state index contributed by atoms with van der Waals surface area (Å²) in [6, 6.07) is 3.66. The SMILES string of the molecule is COC(=O)C(O)C(C)(C)c1cc(F)ccc1NC(=O)OC(C)(C)C. The van der Waals surface area contributed by atoms with Crippen molar-refractivity contribution in [2.45, 2.75) is 51.7 Å². The molecular formula is C17H24FNO5. The van der Waals surface area contributed by atoms with Crippen molar-refractivity contribution in [3.05, 3.63) is 29.6 Å². The molecule has 1 aromatic rings. The van der Waals surface area contributed by atoms with Crippen LogP contribution in [-0.2, 0) is 19.7 Å². The highest BCUT2D eigenvalue weighted by Crippen LogP contribution is 2.34. The molecule has 0 aliphatic carbocycles. The highest BCUT2D eigenvalue weighted by Gasteiger charge is 2.38. The lowest BCUT2D eigenvalue weighted by molar-refractivity contribution is -0.153. The second-order valence-electron chi connectivity index (χ2n) is 6.96. The second kappa shape index (κ2) is 7.17. The van der Waals surface area contributed by atoms with E-state index in [9.17, 15) is 19.1 Å². The third-order valence-electron chi connectivity index (χ3n) is 3.42. The number of amides is 1. The molecule has 0 aliphatic rings. The molecule has 1 rings (SSSR count). The van der Waals surface area contributed by atoms with Gasteiger partial charge >= 0.3 is 12.1 Å². The number of hydrogen-bond donors (Lipinski definition) is 2. The summed E-state index contributed by atoms with van der Waals surface area (Å²) < 4.78 is 23.4. The van der Waals surface area contributed by atoms with Crippen LogP contribution in [0.15, 0.2) is 18.2 Å². The third-order valence-corrected chi connectivity index (χ3v) is 3.42. The summed E-state index contributed by atoms with van der Waals surface area (Å²) in [5.41, 5.74) is -1.44. The summed E-state index contributed by atoms with van der Waals surface area (Å²) in [5, 5.41) is 12.7. The predicted octanol–water partition coefficient (Wildman–Crippen LogP) is 2.98. The van der Waals surface area contributed by atoms with E-state index in [0.717, 1.165) is 19.2 Å². The highest BCUT2D eigenvalue weighted by atomic mass is 19.1. The Hall–Kier alpha value is -2.15. The van der Waals surface area contributed by atoms with Gasteiger partial charge < -0.3 is 14.6 Å². The number of anilines is 1. The number of nitrogens with one attached hydrogen (secondary N) is 1. The number of ether oxygens (including phenoxy) is 2. The fourth-order valence-corrected chi connectivity index (χ4v) is 2.13. The lowest BCUT2D eigenvalue weighted by Gasteiger charge is -2.31. The van der Waals surface area contributed by atoms with E-state index >= 15 is 0 Å². The van der Waals surface area contributed by atoms with Gasteiger partial charge in [0.15, 0.2) is 6.10 Å². The quantitative estimate of drug-likeness (QED) is 0.823. The van der Waals surface area contributed by atoms with E-state index in [2.05, 4.69) is 10.1 Å². The van der Waals surface area contributed by atoms with Gasteiger partial charge in [0, 0.05) is 11.1 Å². The summed E-state index contributed by atoms with van der Waals surface area (Å²) in [5.74, 6) is -1.42. The van der Waals surface area contributed by atoms with Crippen LogP contribution in [0.5, 0.6) is 0 Å². The zero-order valence-corrected chi connectivity index (χ0v) is 14.8. The zero-order valence-electron chi connectivity index (χ0n) is 14.8. The van der Waals surface area contributed by atoms with E-state index in [-0.39, 0.29) is 11.3 Å². The Bertz CT molecular complexity index is 622. The molecule has 0 saturated heterocycles. The van der Waals surface area contributed by atoms with Gasteiger partial charge in [0.1, 0.15) is 11.4 Å². The summed E-state index contributed by atoms with van der Waals surface area (Å²) >= 11 is 0. The van der Waals surface area contributed by atoms with Gasteiger partial charge in [-0.15, -0.1) is 0 Å². The monoisotopic (exact) mass is 341 g/mol. The highest BCUT2D eigenvalue weighted by molar-refractivity contribution is 5.87. The number of halogens is 1. The number of methoxy groups -OCH3 is 1. The van der Waals surface area contributed by atoms with Gasteiger partial charge in [-0.2, -0.15) is 0 Å². The molecular weight excluding hydrogens is 317 g/mol. The first-order valence-electron chi connectivity index (χ1n) is 7.44. The summed E-state index contributed by atoms with van der Waals surface area (Å²) in [6.07, 6.45) is -2.26. The third kappa shape index (κ3) is 4.92. The maximum Gasteiger partial charge on any atom is 0.412 e. The molecule has 2 N–H and O–H groups in total. The molecule has 0 bridgehead atoms. The fraction of sp³-hybridized carbons (Fsp3) is 0.529. The number of aliphatic hydroxyl groups is 1.